The van der Waals surface area contributed by atoms with Gasteiger partial charge in [-0.3, -0.25) is 9.78 Å². The van der Waals surface area contributed by atoms with Crippen molar-refractivity contribution in [2.75, 3.05) is 5.32 Å². The van der Waals surface area contributed by atoms with Crippen LogP contribution in [0.4, 0.5) is 5.69 Å². The molecule has 3 aromatic rings. The number of carbonyl (C=O) groups is 2. The number of nitrogens with one attached hydrogen (secondary N) is 1. The average molecular weight is 377 g/mol. The molecular weight excluding hydrogens is 358 g/mol. The van der Waals surface area contributed by atoms with E-state index in [-0.39, 0.29) is 5.69 Å². The summed E-state index contributed by atoms with van der Waals surface area (Å²) in [5.74, 6) is 0.201. The highest BCUT2D eigenvalue weighted by Crippen LogP contribution is 2.22. The third-order valence-corrected chi connectivity index (χ3v) is 3.74. The van der Waals surface area contributed by atoms with Crippen molar-refractivity contribution in [1.82, 2.24) is 9.97 Å². The molecule has 142 valence electrons. The minimum absolute atomic E-state index is 0.0488. The van der Waals surface area contributed by atoms with Gasteiger partial charge in [-0.05, 0) is 50.2 Å². The van der Waals surface area contributed by atoms with Crippen LogP contribution in [0.15, 0.2) is 67.0 Å². The molecule has 0 aliphatic heterocycles. The van der Waals surface area contributed by atoms with Crippen LogP contribution in [0.5, 0.6) is 11.5 Å². The lowest BCUT2D eigenvalue weighted by atomic mass is 10.2. The molecule has 0 aliphatic carbocycles. The van der Waals surface area contributed by atoms with E-state index in [0.717, 1.165) is 5.75 Å². The maximum absolute atomic E-state index is 12.3. The summed E-state index contributed by atoms with van der Waals surface area (Å²) in [6, 6.07) is 16.3. The van der Waals surface area contributed by atoms with Gasteiger partial charge < -0.3 is 14.8 Å². The lowest BCUT2D eigenvalue weighted by molar-refractivity contribution is -0.123. The number of hydrogen-bond acceptors (Lipinski definition) is 6. The van der Waals surface area contributed by atoms with E-state index in [0.29, 0.717) is 17.1 Å². The number of carbonyl (C=O) groups excluding carboxylic acids is 2. The summed E-state index contributed by atoms with van der Waals surface area (Å²) in [5.41, 5.74) is 1.29. The van der Waals surface area contributed by atoms with Crippen LogP contribution >= 0.6 is 0 Å². The summed E-state index contributed by atoms with van der Waals surface area (Å²) >= 11 is 0. The number of hydrogen-bond donors (Lipinski definition) is 1. The summed E-state index contributed by atoms with van der Waals surface area (Å²) in [6.07, 6.45) is 1.78. The molecule has 0 saturated heterocycles. The molecule has 3 rings (SSSR count). The fourth-order valence-corrected chi connectivity index (χ4v) is 2.25. The molecule has 0 radical (unpaired) electrons. The summed E-state index contributed by atoms with van der Waals surface area (Å²) in [5, 5.41) is 2.69. The zero-order valence-corrected chi connectivity index (χ0v) is 15.5. The molecule has 7 nitrogen and oxygen atoms in total. The van der Waals surface area contributed by atoms with Crippen molar-refractivity contribution in [2.24, 2.45) is 0 Å². The first-order valence-corrected chi connectivity index (χ1v) is 8.65. The Morgan fingerprint density at radius 1 is 0.929 bits per heavy atom. The Labute approximate surface area is 162 Å². The third-order valence-electron chi connectivity index (χ3n) is 3.74. The Balaban J connectivity index is 1.54. The second kappa shape index (κ2) is 8.77. The van der Waals surface area contributed by atoms with Crippen molar-refractivity contribution in [3.63, 3.8) is 0 Å². The van der Waals surface area contributed by atoms with Crippen LogP contribution in [0, 0.1) is 6.92 Å². The molecule has 1 atom stereocenters. The molecular formula is C21H19N3O4. The maximum Gasteiger partial charge on any atom is 0.359 e. The Morgan fingerprint density at radius 2 is 1.61 bits per heavy atom. The van der Waals surface area contributed by atoms with Crippen LogP contribution in [0.25, 0.3) is 0 Å². The van der Waals surface area contributed by atoms with Crippen LogP contribution in [-0.4, -0.2) is 27.9 Å². The Bertz CT molecular complexity index is 942. The molecule has 0 aliphatic rings. The summed E-state index contributed by atoms with van der Waals surface area (Å²) < 4.78 is 10.8. The quantitative estimate of drug-likeness (QED) is 0.658. The molecule has 0 spiro atoms. The third kappa shape index (κ3) is 5.14. The highest BCUT2D eigenvalue weighted by Gasteiger charge is 2.20. The summed E-state index contributed by atoms with van der Waals surface area (Å²) in [6.45, 7) is 3.25. The highest BCUT2D eigenvalue weighted by molar-refractivity contribution is 5.96. The predicted octanol–water partition coefficient (Wildman–Crippen LogP) is 3.76. The van der Waals surface area contributed by atoms with Crippen molar-refractivity contribution in [3.8, 4) is 11.5 Å². The van der Waals surface area contributed by atoms with E-state index in [1.165, 1.54) is 19.3 Å². The number of rotatable bonds is 6. The number of aromatic nitrogens is 2. The van der Waals surface area contributed by atoms with Crippen LogP contribution in [0.2, 0.25) is 0 Å². The van der Waals surface area contributed by atoms with Gasteiger partial charge in [0.1, 0.15) is 11.5 Å². The van der Waals surface area contributed by atoms with Gasteiger partial charge in [-0.1, -0.05) is 18.2 Å². The summed E-state index contributed by atoms with van der Waals surface area (Å²) in [4.78, 5) is 32.2. The van der Waals surface area contributed by atoms with Crippen molar-refractivity contribution in [3.05, 3.63) is 78.4 Å². The molecule has 28 heavy (non-hydrogen) atoms. The molecule has 1 amide bonds. The zero-order chi connectivity index (χ0) is 19.9. The van der Waals surface area contributed by atoms with E-state index >= 15 is 0 Å². The Kier molecular flexibility index (Phi) is 5.96. The molecule has 2 aromatic carbocycles. The first kappa shape index (κ1) is 19.0. The number of esters is 1. The topological polar surface area (TPSA) is 90.4 Å². The SMILES string of the molecule is Cc1cnc(C(=O)O[C@H](C)C(=O)Nc2ccc(Oc3ccccc3)cc2)cn1. The van der Waals surface area contributed by atoms with Crippen molar-refractivity contribution < 1.29 is 19.1 Å². The number of para-hydroxylation sites is 1. The minimum Gasteiger partial charge on any atom is -0.457 e. The van der Waals surface area contributed by atoms with Gasteiger partial charge >= 0.3 is 5.97 Å². The van der Waals surface area contributed by atoms with Crippen LogP contribution < -0.4 is 10.1 Å². The largest absolute Gasteiger partial charge is 0.457 e. The van der Waals surface area contributed by atoms with E-state index in [2.05, 4.69) is 15.3 Å². The van der Waals surface area contributed by atoms with Gasteiger partial charge in [-0.15, -0.1) is 0 Å². The lowest BCUT2D eigenvalue weighted by Gasteiger charge is -2.13. The van der Waals surface area contributed by atoms with E-state index in [9.17, 15) is 9.59 Å². The normalized spacial score (nSPS) is 11.4. The molecule has 0 fully saturated rings. The average Bonchev–Trinajstić information content (AvgIpc) is 2.70. The number of aryl methyl sites for hydroxylation is 1. The molecule has 1 heterocycles. The van der Waals surface area contributed by atoms with Crippen molar-refractivity contribution in [1.29, 1.82) is 0 Å². The molecule has 0 unspecified atom stereocenters. The monoisotopic (exact) mass is 377 g/mol. The van der Waals surface area contributed by atoms with Gasteiger partial charge in [0.15, 0.2) is 11.8 Å². The van der Waals surface area contributed by atoms with Gasteiger partial charge in [0.05, 0.1) is 11.9 Å². The second-order valence-corrected chi connectivity index (χ2v) is 6.02. The van der Waals surface area contributed by atoms with E-state index in [4.69, 9.17) is 9.47 Å². The standard InChI is InChI=1S/C21H19N3O4/c1-14-12-23-19(13-22-14)21(26)27-15(2)20(25)24-16-8-10-18(11-9-16)28-17-6-4-3-5-7-17/h3-13,15H,1-2H3,(H,24,25)/t15-/m1/s1. The lowest BCUT2D eigenvalue weighted by Crippen LogP contribution is -2.30. The number of nitrogens with zero attached hydrogens (tertiary/aromatic N) is 2. The van der Waals surface area contributed by atoms with Gasteiger partial charge in [-0.2, -0.15) is 0 Å². The number of anilines is 1. The van der Waals surface area contributed by atoms with Gasteiger partial charge in [-0.25, -0.2) is 9.78 Å². The Morgan fingerprint density at radius 3 is 2.25 bits per heavy atom. The second-order valence-electron chi connectivity index (χ2n) is 6.02. The zero-order valence-electron chi connectivity index (χ0n) is 15.5. The maximum atomic E-state index is 12.3. The first-order valence-electron chi connectivity index (χ1n) is 8.65. The van der Waals surface area contributed by atoms with E-state index in [1.54, 1.807) is 31.2 Å². The number of amides is 1. The molecule has 7 heteroatoms. The highest BCUT2D eigenvalue weighted by atomic mass is 16.5. The molecule has 1 N–H and O–H groups in total. The fourth-order valence-electron chi connectivity index (χ4n) is 2.25. The number of ether oxygens (including phenoxy) is 2. The summed E-state index contributed by atoms with van der Waals surface area (Å²) in [7, 11) is 0. The van der Waals surface area contributed by atoms with Crippen molar-refractivity contribution >= 4 is 17.6 Å². The Hall–Kier alpha value is -3.74. The predicted molar refractivity (Wildman–Crippen MR) is 103 cm³/mol. The minimum atomic E-state index is -0.990. The smallest absolute Gasteiger partial charge is 0.359 e. The van der Waals surface area contributed by atoms with E-state index < -0.39 is 18.0 Å². The van der Waals surface area contributed by atoms with Crippen LogP contribution in [0.1, 0.15) is 23.1 Å². The van der Waals surface area contributed by atoms with Gasteiger partial charge in [0.2, 0.25) is 0 Å². The number of benzene rings is 2. The molecule has 0 saturated carbocycles. The van der Waals surface area contributed by atoms with Crippen LogP contribution in [0.3, 0.4) is 0 Å². The van der Waals surface area contributed by atoms with Gasteiger partial charge in [0, 0.05) is 11.9 Å². The van der Waals surface area contributed by atoms with E-state index in [1.807, 2.05) is 30.3 Å². The molecule has 0 bridgehead atoms. The molecule has 1 aromatic heterocycles. The van der Waals surface area contributed by atoms with Crippen molar-refractivity contribution in [2.45, 2.75) is 20.0 Å². The van der Waals surface area contributed by atoms with Gasteiger partial charge in [0.25, 0.3) is 5.91 Å². The first-order chi connectivity index (χ1) is 13.5. The fraction of sp³-hybridized carbons (Fsp3) is 0.143. The van der Waals surface area contributed by atoms with Crippen LogP contribution in [-0.2, 0) is 9.53 Å².